The van der Waals surface area contributed by atoms with Gasteiger partial charge in [0.05, 0.1) is 0 Å². The molecule has 0 N–H and O–H groups in total. The van der Waals surface area contributed by atoms with Crippen molar-refractivity contribution in [2.24, 2.45) is 0 Å². The van der Waals surface area contributed by atoms with Crippen molar-refractivity contribution in [1.29, 1.82) is 0 Å². The molecular formula is C17H18OS2. The summed E-state index contributed by atoms with van der Waals surface area (Å²) < 4.78 is 1.02. The first-order valence-corrected chi connectivity index (χ1v) is 8.61. The van der Waals surface area contributed by atoms with Crippen molar-refractivity contribution in [2.75, 3.05) is 12.5 Å². The second-order valence-electron chi connectivity index (χ2n) is 3.79. The molecular weight excluding hydrogens is 284 g/mol. The number of hydrogen-bond donors (Lipinski definition) is 0. The highest BCUT2D eigenvalue weighted by Crippen LogP contribution is 2.22. The second kappa shape index (κ2) is 10.4. The van der Waals surface area contributed by atoms with Gasteiger partial charge < -0.3 is 0 Å². The molecule has 1 aromatic carbocycles. The summed E-state index contributed by atoms with van der Waals surface area (Å²) in [6.45, 7) is 0. The van der Waals surface area contributed by atoms with E-state index in [2.05, 4.69) is 0 Å². The summed E-state index contributed by atoms with van der Waals surface area (Å²) in [5.74, 6) is 0.0142. The molecule has 1 nitrogen and oxygen atoms in total. The van der Waals surface area contributed by atoms with Gasteiger partial charge in [0.25, 0.3) is 0 Å². The van der Waals surface area contributed by atoms with E-state index in [4.69, 9.17) is 0 Å². The molecule has 0 aliphatic carbocycles. The number of allylic oxidation sites excluding steroid dienone is 6. The van der Waals surface area contributed by atoms with E-state index in [9.17, 15) is 4.79 Å². The number of carbonyl (C=O) groups excluding carboxylic acids is 1. The Morgan fingerprint density at radius 3 is 2.25 bits per heavy atom. The summed E-state index contributed by atoms with van der Waals surface area (Å²) in [5.41, 5.74) is 1.16. The second-order valence-corrected chi connectivity index (χ2v) is 5.74. The minimum absolute atomic E-state index is 0.0142. The summed E-state index contributed by atoms with van der Waals surface area (Å²) in [6, 6.07) is 10.1. The van der Waals surface area contributed by atoms with Crippen LogP contribution in [-0.4, -0.2) is 18.3 Å². The van der Waals surface area contributed by atoms with E-state index in [1.165, 1.54) is 0 Å². The Labute approximate surface area is 129 Å². The van der Waals surface area contributed by atoms with Crippen molar-refractivity contribution in [3.05, 3.63) is 76.6 Å². The Morgan fingerprint density at radius 1 is 0.950 bits per heavy atom. The molecule has 0 amide bonds. The normalized spacial score (nSPS) is 11.5. The van der Waals surface area contributed by atoms with E-state index < -0.39 is 0 Å². The Bertz CT molecular complexity index is 519. The molecule has 0 aromatic heterocycles. The van der Waals surface area contributed by atoms with Crippen LogP contribution in [-0.2, 0) is 4.79 Å². The largest absolute Gasteiger partial charge is 0.290 e. The fourth-order valence-corrected chi connectivity index (χ4v) is 2.51. The van der Waals surface area contributed by atoms with Gasteiger partial charge in [-0.3, -0.25) is 4.79 Å². The van der Waals surface area contributed by atoms with Gasteiger partial charge in [0.2, 0.25) is 0 Å². The third kappa shape index (κ3) is 7.22. The van der Waals surface area contributed by atoms with Crippen LogP contribution in [0.5, 0.6) is 0 Å². The van der Waals surface area contributed by atoms with Crippen LogP contribution < -0.4 is 0 Å². The number of rotatable bonds is 7. The summed E-state index contributed by atoms with van der Waals surface area (Å²) >= 11 is 3.17. The average molecular weight is 302 g/mol. The molecule has 0 saturated heterocycles. The Hall–Kier alpha value is -1.45. The molecule has 104 valence electrons. The van der Waals surface area contributed by atoms with E-state index in [0.717, 1.165) is 9.80 Å². The molecule has 0 aliphatic heterocycles. The Balaban J connectivity index is 2.44. The predicted molar refractivity (Wildman–Crippen MR) is 93.9 cm³/mol. The van der Waals surface area contributed by atoms with Gasteiger partial charge in [-0.05, 0) is 24.2 Å². The van der Waals surface area contributed by atoms with E-state index in [1.807, 2.05) is 67.1 Å². The van der Waals surface area contributed by atoms with Crippen LogP contribution in [0.1, 0.15) is 5.56 Å². The Kier molecular flexibility index (Phi) is 8.59. The first-order chi connectivity index (χ1) is 9.76. The van der Waals surface area contributed by atoms with Gasteiger partial charge in [0.15, 0.2) is 5.78 Å². The van der Waals surface area contributed by atoms with Gasteiger partial charge in [-0.25, -0.2) is 0 Å². The van der Waals surface area contributed by atoms with Crippen LogP contribution in [0.25, 0.3) is 6.08 Å². The van der Waals surface area contributed by atoms with Crippen LogP contribution >= 0.6 is 23.5 Å². The quantitative estimate of drug-likeness (QED) is 0.524. The SMILES string of the molecule is CSC(=CC(=O)/C=C/C=C/C=C/c1ccccc1)SC. The third-order valence-corrected chi connectivity index (χ3v) is 4.38. The zero-order valence-corrected chi connectivity index (χ0v) is 13.3. The fraction of sp³-hybridized carbons (Fsp3) is 0.118. The third-order valence-electron chi connectivity index (χ3n) is 2.34. The highest BCUT2D eigenvalue weighted by atomic mass is 32.2. The molecule has 0 fully saturated rings. The van der Waals surface area contributed by atoms with Crippen LogP contribution in [0.4, 0.5) is 0 Å². The van der Waals surface area contributed by atoms with Crippen molar-refractivity contribution in [1.82, 2.24) is 0 Å². The lowest BCUT2D eigenvalue weighted by molar-refractivity contribution is -0.110. The smallest absolute Gasteiger partial charge is 0.180 e. The maximum absolute atomic E-state index is 11.6. The number of benzene rings is 1. The average Bonchev–Trinajstić information content (AvgIpc) is 2.49. The standard InChI is InChI=1S/C17H18OS2/c1-19-17(20-2)14-16(18)13-9-4-3-6-10-15-11-7-5-8-12-15/h3-14H,1-2H3/b4-3+,10-6+,13-9+. The van der Waals surface area contributed by atoms with Crippen LogP contribution in [0.2, 0.25) is 0 Å². The highest BCUT2D eigenvalue weighted by molar-refractivity contribution is 8.21. The van der Waals surface area contributed by atoms with Crippen molar-refractivity contribution in [2.45, 2.75) is 0 Å². The molecule has 0 radical (unpaired) electrons. The van der Waals surface area contributed by atoms with Gasteiger partial charge in [0, 0.05) is 10.3 Å². The molecule has 0 spiro atoms. The fourth-order valence-electron chi connectivity index (χ4n) is 1.37. The summed E-state index contributed by atoms with van der Waals surface area (Å²) in [4.78, 5) is 11.6. The number of thioether (sulfide) groups is 2. The van der Waals surface area contributed by atoms with Crippen LogP contribution in [0.15, 0.2) is 71.0 Å². The number of hydrogen-bond acceptors (Lipinski definition) is 3. The van der Waals surface area contributed by atoms with Crippen molar-refractivity contribution in [3.8, 4) is 0 Å². The summed E-state index contributed by atoms with van der Waals surface area (Å²) in [7, 11) is 0. The van der Waals surface area contributed by atoms with Gasteiger partial charge in [-0.2, -0.15) is 0 Å². The lowest BCUT2D eigenvalue weighted by Gasteiger charge is -1.95. The number of ketones is 1. The first kappa shape index (κ1) is 16.6. The minimum atomic E-state index is 0.0142. The van der Waals surface area contributed by atoms with Crippen molar-refractivity contribution < 1.29 is 4.79 Å². The zero-order chi connectivity index (χ0) is 14.6. The molecule has 0 bridgehead atoms. The predicted octanol–water partition coefficient (Wildman–Crippen LogP) is 4.95. The maximum Gasteiger partial charge on any atom is 0.180 e. The molecule has 0 saturated carbocycles. The molecule has 1 rings (SSSR count). The minimum Gasteiger partial charge on any atom is -0.290 e. The Morgan fingerprint density at radius 2 is 1.60 bits per heavy atom. The zero-order valence-electron chi connectivity index (χ0n) is 11.7. The molecule has 0 heterocycles. The lowest BCUT2D eigenvalue weighted by atomic mass is 10.2. The van der Waals surface area contributed by atoms with Gasteiger partial charge in [-0.1, -0.05) is 60.7 Å². The maximum atomic E-state index is 11.6. The molecule has 3 heteroatoms. The highest BCUT2D eigenvalue weighted by Gasteiger charge is 1.95. The van der Waals surface area contributed by atoms with Gasteiger partial charge >= 0.3 is 0 Å². The van der Waals surface area contributed by atoms with Gasteiger partial charge in [0.1, 0.15) is 0 Å². The molecule has 0 unspecified atom stereocenters. The molecule has 0 aliphatic rings. The van der Waals surface area contributed by atoms with Crippen LogP contribution in [0, 0.1) is 0 Å². The summed E-state index contributed by atoms with van der Waals surface area (Å²) in [5, 5.41) is 0. The lowest BCUT2D eigenvalue weighted by Crippen LogP contribution is -1.85. The topological polar surface area (TPSA) is 17.1 Å². The van der Waals surface area contributed by atoms with E-state index in [-0.39, 0.29) is 5.78 Å². The summed E-state index contributed by atoms with van der Waals surface area (Å²) in [6.07, 6.45) is 16.6. The van der Waals surface area contributed by atoms with E-state index in [0.29, 0.717) is 0 Å². The molecule has 1 aromatic rings. The molecule has 0 atom stereocenters. The van der Waals surface area contributed by atoms with Gasteiger partial charge in [-0.15, -0.1) is 23.5 Å². The van der Waals surface area contributed by atoms with Crippen LogP contribution in [0.3, 0.4) is 0 Å². The monoisotopic (exact) mass is 302 g/mol. The molecule has 20 heavy (non-hydrogen) atoms. The first-order valence-electron chi connectivity index (χ1n) is 6.16. The van der Waals surface area contributed by atoms with E-state index in [1.54, 1.807) is 41.8 Å². The number of carbonyl (C=O) groups is 1. The van der Waals surface area contributed by atoms with E-state index >= 15 is 0 Å². The van der Waals surface area contributed by atoms with Crippen molar-refractivity contribution >= 4 is 35.4 Å². The van der Waals surface area contributed by atoms with Crippen molar-refractivity contribution in [3.63, 3.8) is 0 Å².